The first-order valence-corrected chi connectivity index (χ1v) is 4.55. The molecule has 0 saturated carbocycles. The van der Waals surface area contributed by atoms with Crippen LogP contribution in [0.5, 0.6) is 0 Å². The van der Waals surface area contributed by atoms with Gasteiger partial charge in [0.05, 0.1) is 11.9 Å². The van der Waals surface area contributed by atoms with Gasteiger partial charge in [-0.15, -0.1) is 9.46 Å². The van der Waals surface area contributed by atoms with Crippen molar-refractivity contribution in [3.05, 3.63) is 45.1 Å². The Labute approximate surface area is 90.5 Å². The van der Waals surface area contributed by atoms with Crippen LogP contribution in [-0.4, -0.2) is 23.7 Å². The van der Waals surface area contributed by atoms with Crippen LogP contribution < -0.4 is 20.8 Å². The van der Waals surface area contributed by atoms with E-state index in [1.807, 2.05) is 0 Å². The van der Waals surface area contributed by atoms with Crippen LogP contribution in [0.25, 0.3) is 11.3 Å². The summed E-state index contributed by atoms with van der Waals surface area (Å²) in [6.07, 6.45) is 1.49. The maximum atomic E-state index is 11.7. The SMILES string of the molecule is COn1cc2ccc(=O)cc-2n(OC)c1=O. The standard InChI is InChI=1S/C10H10N2O4/c1-15-11-6-7-3-4-8(13)5-9(7)12(16-2)10(11)14/h3-6H,1-2H3. The Hall–Kier alpha value is -2.24. The molecule has 6 nitrogen and oxygen atoms in total. The van der Waals surface area contributed by atoms with Gasteiger partial charge in [0.1, 0.15) is 14.2 Å². The largest absolute Gasteiger partial charge is 0.413 e. The van der Waals surface area contributed by atoms with Crippen molar-refractivity contribution < 1.29 is 9.68 Å². The molecule has 2 rings (SSSR count). The molecule has 0 N–H and O–H groups in total. The summed E-state index contributed by atoms with van der Waals surface area (Å²) >= 11 is 0. The molecule has 0 fully saturated rings. The van der Waals surface area contributed by atoms with Gasteiger partial charge >= 0.3 is 5.69 Å². The van der Waals surface area contributed by atoms with E-state index in [9.17, 15) is 9.59 Å². The van der Waals surface area contributed by atoms with E-state index in [2.05, 4.69) is 0 Å². The smallest absolute Gasteiger partial charge is 0.394 e. The van der Waals surface area contributed by atoms with Gasteiger partial charge in [0.25, 0.3) is 0 Å². The number of hydrogen-bond donors (Lipinski definition) is 0. The second-order valence-corrected chi connectivity index (χ2v) is 3.12. The molecule has 0 aromatic heterocycles. The van der Waals surface area contributed by atoms with E-state index >= 15 is 0 Å². The fraction of sp³-hybridized carbons (Fsp3) is 0.200. The summed E-state index contributed by atoms with van der Waals surface area (Å²) in [5.74, 6) is 0. The van der Waals surface area contributed by atoms with Crippen molar-refractivity contribution in [1.29, 1.82) is 0 Å². The molecule has 84 valence electrons. The van der Waals surface area contributed by atoms with Crippen LogP contribution in [0.4, 0.5) is 0 Å². The number of nitrogens with zero attached hydrogens (tertiary/aromatic N) is 2. The summed E-state index contributed by atoms with van der Waals surface area (Å²) in [7, 11) is 2.72. The second-order valence-electron chi connectivity index (χ2n) is 3.12. The van der Waals surface area contributed by atoms with Crippen LogP contribution in [0, 0.1) is 0 Å². The van der Waals surface area contributed by atoms with Gasteiger partial charge in [0.15, 0.2) is 5.43 Å². The zero-order valence-electron chi connectivity index (χ0n) is 8.84. The van der Waals surface area contributed by atoms with Crippen LogP contribution >= 0.6 is 0 Å². The summed E-state index contributed by atoms with van der Waals surface area (Å²) in [6.45, 7) is 0. The second kappa shape index (κ2) is 3.73. The molecule has 0 aromatic carbocycles. The number of rotatable bonds is 2. The molecule has 16 heavy (non-hydrogen) atoms. The lowest BCUT2D eigenvalue weighted by molar-refractivity contribution is 0.0988. The van der Waals surface area contributed by atoms with Gasteiger partial charge in [-0.05, 0) is 12.1 Å². The fourth-order valence-corrected chi connectivity index (χ4v) is 1.49. The van der Waals surface area contributed by atoms with Crippen LogP contribution in [0.3, 0.4) is 0 Å². The predicted molar refractivity (Wildman–Crippen MR) is 56.6 cm³/mol. The quantitative estimate of drug-likeness (QED) is 0.669. The first kappa shape index (κ1) is 10.3. The third-order valence-corrected chi connectivity index (χ3v) is 2.22. The van der Waals surface area contributed by atoms with Crippen LogP contribution in [0.1, 0.15) is 0 Å². The molecule has 0 unspecified atom stereocenters. The van der Waals surface area contributed by atoms with Crippen molar-refractivity contribution in [3.8, 4) is 11.3 Å². The van der Waals surface area contributed by atoms with Crippen molar-refractivity contribution >= 4 is 0 Å². The number of fused-ring (bicyclic) bond motifs is 1. The monoisotopic (exact) mass is 222 g/mol. The van der Waals surface area contributed by atoms with E-state index in [-0.39, 0.29) is 5.43 Å². The highest BCUT2D eigenvalue weighted by molar-refractivity contribution is 5.59. The van der Waals surface area contributed by atoms with Crippen LogP contribution in [0.15, 0.2) is 34.0 Å². The minimum Gasteiger partial charge on any atom is -0.413 e. The van der Waals surface area contributed by atoms with Crippen molar-refractivity contribution in [2.75, 3.05) is 14.2 Å². The van der Waals surface area contributed by atoms with Crippen LogP contribution in [0.2, 0.25) is 0 Å². The third-order valence-electron chi connectivity index (χ3n) is 2.22. The molecule has 2 aliphatic rings. The van der Waals surface area contributed by atoms with Crippen molar-refractivity contribution in [2.45, 2.75) is 0 Å². The Bertz CT molecular complexity index is 599. The summed E-state index contributed by atoms with van der Waals surface area (Å²) in [5, 5.41) is 0. The van der Waals surface area contributed by atoms with Gasteiger partial charge in [-0.1, -0.05) is 0 Å². The van der Waals surface area contributed by atoms with E-state index in [1.54, 1.807) is 6.07 Å². The number of aromatic nitrogens is 2. The molecule has 0 bridgehead atoms. The minimum absolute atomic E-state index is 0.187. The predicted octanol–water partition coefficient (Wildman–Crippen LogP) is -0.768. The Morgan fingerprint density at radius 3 is 2.50 bits per heavy atom. The normalized spacial score (nSPS) is 10.4. The van der Waals surface area contributed by atoms with Gasteiger partial charge in [0, 0.05) is 11.6 Å². The molecule has 0 radical (unpaired) electrons. The number of benzene rings is 1. The molecule has 1 aliphatic carbocycles. The van der Waals surface area contributed by atoms with Crippen molar-refractivity contribution in [3.63, 3.8) is 0 Å². The van der Waals surface area contributed by atoms with E-state index in [1.165, 1.54) is 32.5 Å². The summed E-state index contributed by atoms with van der Waals surface area (Å²) < 4.78 is 2.02. The van der Waals surface area contributed by atoms with Gasteiger partial charge in [-0.25, -0.2) is 4.79 Å². The van der Waals surface area contributed by atoms with E-state index in [0.717, 1.165) is 9.46 Å². The lowest BCUT2D eigenvalue weighted by atomic mass is 10.1. The molecular weight excluding hydrogens is 212 g/mol. The molecule has 1 heterocycles. The Morgan fingerprint density at radius 2 is 1.88 bits per heavy atom. The van der Waals surface area contributed by atoms with Crippen molar-refractivity contribution in [1.82, 2.24) is 9.46 Å². The van der Waals surface area contributed by atoms with Gasteiger partial charge < -0.3 is 9.68 Å². The Balaban J connectivity index is 2.90. The van der Waals surface area contributed by atoms with Crippen LogP contribution in [-0.2, 0) is 0 Å². The molecule has 0 atom stereocenters. The highest BCUT2D eigenvalue weighted by Gasteiger charge is 2.13. The van der Waals surface area contributed by atoms with E-state index in [0.29, 0.717) is 11.3 Å². The van der Waals surface area contributed by atoms with Crippen molar-refractivity contribution in [2.24, 2.45) is 0 Å². The molecular formula is C10H10N2O4. The lowest BCUT2D eigenvalue weighted by Crippen LogP contribution is -2.37. The zero-order chi connectivity index (χ0) is 11.7. The fourth-order valence-electron chi connectivity index (χ4n) is 1.49. The lowest BCUT2D eigenvalue weighted by Gasteiger charge is -2.14. The maximum absolute atomic E-state index is 11.7. The minimum atomic E-state index is -0.511. The molecule has 0 aromatic rings. The van der Waals surface area contributed by atoms with Gasteiger partial charge in [-0.2, -0.15) is 0 Å². The highest BCUT2D eigenvalue weighted by Crippen LogP contribution is 2.15. The van der Waals surface area contributed by atoms with E-state index in [4.69, 9.17) is 9.68 Å². The Kier molecular flexibility index (Phi) is 2.40. The average Bonchev–Trinajstić information content (AvgIpc) is 2.28. The first-order valence-electron chi connectivity index (χ1n) is 4.55. The maximum Gasteiger partial charge on any atom is 0.394 e. The average molecular weight is 222 g/mol. The summed E-state index contributed by atoms with van der Waals surface area (Å²) in [6, 6.07) is 4.34. The molecule has 0 spiro atoms. The highest BCUT2D eigenvalue weighted by atomic mass is 16.7. The number of hydrogen-bond acceptors (Lipinski definition) is 4. The van der Waals surface area contributed by atoms with Gasteiger partial charge in [-0.3, -0.25) is 4.79 Å². The molecule has 0 saturated heterocycles. The topological polar surface area (TPSA) is 62.5 Å². The first-order chi connectivity index (χ1) is 7.67. The Morgan fingerprint density at radius 1 is 1.12 bits per heavy atom. The third kappa shape index (κ3) is 1.44. The molecule has 0 amide bonds. The molecule has 1 aliphatic heterocycles. The molecule has 6 heteroatoms. The summed E-state index contributed by atoms with van der Waals surface area (Å²) in [5.41, 5.74) is 0.382. The summed E-state index contributed by atoms with van der Waals surface area (Å²) in [4.78, 5) is 32.7. The zero-order valence-corrected chi connectivity index (χ0v) is 8.84. The van der Waals surface area contributed by atoms with Gasteiger partial charge in [0.2, 0.25) is 0 Å². The van der Waals surface area contributed by atoms with E-state index < -0.39 is 5.69 Å².